The summed E-state index contributed by atoms with van der Waals surface area (Å²) in [6.07, 6.45) is 5.04. The number of furan rings is 1. The van der Waals surface area contributed by atoms with E-state index in [1.807, 2.05) is 24.7 Å². The maximum atomic E-state index is 6.16. The summed E-state index contributed by atoms with van der Waals surface area (Å²) in [7, 11) is 1.89. The van der Waals surface area contributed by atoms with E-state index >= 15 is 0 Å². The van der Waals surface area contributed by atoms with Crippen LogP contribution in [0.4, 0.5) is 0 Å². The smallest absolute Gasteiger partial charge is 0.0954 e. The van der Waals surface area contributed by atoms with Crippen LogP contribution in [0.5, 0.6) is 0 Å². The van der Waals surface area contributed by atoms with Crippen LogP contribution in [0.15, 0.2) is 29.2 Å². The molecular weight excluding hydrogens is 226 g/mol. The van der Waals surface area contributed by atoms with Gasteiger partial charge in [0.2, 0.25) is 0 Å². The zero-order valence-corrected chi connectivity index (χ0v) is 10.0. The molecule has 0 aliphatic heterocycles. The summed E-state index contributed by atoms with van der Waals surface area (Å²) in [5.41, 5.74) is 2.01. The lowest BCUT2D eigenvalue weighted by Gasteiger charge is -2.16. The summed E-state index contributed by atoms with van der Waals surface area (Å²) in [5.74, 6) is 0. The molecule has 0 aliphatic rings. The highest BCUT2D eigenvalue weighted by atomic mass is 35.5. The van der Waals surface area contributed by atoms with Crippen LogP contribution < -0.4 is 5.32 Å². The van der Waals surface area contributed by atoms with Crippen molar-refractivity contribution in [2.24, 2.45) is 0 Å². The third-order valence-electron chi connectivity index (χ3n) is 2.57. The molecule has 2 heterocycles. The van der Waals surface area contributed by atoms with Gasteiger partial charge in [-0.1, -0.05) is 11.6 Å². The molecule has 0 fully saturated rings. The quantitative estimate of drug-likeness (QED) is 0.891. The van der Waals surface area contributed by atoms with E-state index in [2.05, 4.69) is 10.4 Å². The zero-order chi connectivity index (χ0) is 11.5. The predicted octanol–water partition coefficient (Wildman–Crippen LogP) is 2.46. The monoisotopic (exact) mass is 239 g/mol. The molecule has 2 aromatic heterocycles. The highest BCUT2D eigenvalue weighted by Gasteiger charge is 2.20. The van der Waals surface area contributed by atoms with Crippen molar-refractivity contribution < 1.29 is 4.42 Å². The number of aromatic nitrogens is 2. The Balaban J connectivity index is 2.44. The van der Waals surface area contributed by atoms with Crippen LogP contribution in [-0.2, 0) is 6.54 Å². The third-order valence-corrected chi connectivity index (χ3v) is 2.86. The predicted molar refractivity (Wildman–Crippen MR) is 62.5 cm³/mol. The number of rotatable bonds is 4. The van der Waals surface area contributed by atoms with Crippen molar-refractivity contribution in [2.75, 3.05) is 7.05 Å². The van der Waals surface area contributed by atoms with Gasteiger partial charge in [-0.15, -0.1) is 0 Å². The van der Waals surface area contributed by atoms with Gasteiger partial charge in [-0.3, -0.25) is 4.68 Å². The molecule has 5 heteroatoms. The molecule has 0 aromatic carbocycles. The summed E-state index contributed by atoms with van der Waals surface area (Å²) in [6, 6.07) is 1.93. The largest absolute Gasteiger partial charge is 0.472 e. The first-order chi connectivity index (χ1) is 7.77. The van der Waals surface area contributed by atoms with E-state index < -0.39 is 0 Å². The van der Waals surface area contributed by atoms with Crippen LogP contribution in [0.3, 0.4) is 0 Å². The highest BCUT2D eigenvalue weighted by molar-refractivity contribution is 6.31. The minimum Gasteiger partial charge on any atom is -0.472 e. The van der Waals surface area contributed by atoms with Crippen LogP contribution in [0.1, 0.15) is 24.2 Å². The molecule has 1 unspecified atom stereocenters. The van der Waals surface area contributed by atoms with E-state index in [0.717, 1.165) is 17.8 Å². The number of nitrogens with zero attached hydrogens (tertiary/aromatic N) is 2. The first kappa shape index (κ1) is 11.2. The molecular formula is C11H14ClN3O. The van der Waals surface area contributed by atoms with Crippen LogP contribution in [0.25, 0.3) is 0 Å². The third kappa shape index (κ3) is 1.86. The average Bonchev–Trinajstić information content (AvgIpc) is 2.91. The Labute approximate surface area is 99.2 Å². The van der Waals surface area contributed by atoms with Gasteiger partial charge in [-0.25, -0.2) is 0 Å². The van der Waals surface area contributed by atoms with E-state index in [0.29, 0.717) is 5.02 Å². The summed E-state index contributed by atoms with van der Waals surface area (Å²) < 4.78 is 6.98. The molecule has 0 spiro atoms. The van der Waals surface area contributed by atoms with Gasteiger partial charge >= 0.3 is 0 Å². The molecule has 0 bridgehead atoms. The fraction of sp³-hybridized carbons (Fsp3) is 0.364. The SMILES string of the molecule is CCn1ncc(Cl)c1C(NC)c1ccoc1. The van der Waals surface area contributed by atoms with E-state index in [9.17, 15) is 0 Å². The van der Waals surface area contributed by atoms with Gasteiger partial charge in [0, 0.05) is 12.1 Å². The van der Waals surface area contributed by atoms with E-state index in [4.69, 9.17) is 16.0 Å². The van der Waals surface area contributed by atoms with E-state index in [1.54, 1.807) is 18.7 Å². The second-order valence-corrected chi connectivity index (χ2v) is 3.88. The first-order valence-electron chi connectivity index (χ1n) is 5.18. The minimum atomic E-state index is 0.00806. The molecule has 0 amide bonds. The van der Waals surface area contributed by atoms with Crippen LogP contribution in [0.2, 0.25) is 5.02 Å². The maximum absolute atomic E-state index is 6.16. The van der Waals surface area contributed by atoms with Crippen LogP contribution in [-0.4, -0.2) is 16.8 Å². The van der Waals surface area contributed by atoms with Crippen molar-refractivity contribution in [3.63, 3.8) is 0 Å². The molecule has 2 aromatic rings. The second kappa shape index (κ2) is 4.72. The van der Waals surface area contributed by atoms with E-state index in [-0.39, 0.29) is 6.04 Å². The minimum absolute atomic E-state index is 0.00806. The topological polar surface area (TPSA) is 43.0 Å². The Hall–Kier alpha value is -1.26. The first-order valence-corrected chi connectivity index (χ1v) is 5.56. The van der Waals surface area contributed by atoms with Gasteiger partial charge in [-0.05, 0) is 20.0 Å². The summed E-state index contributed by atoms with van der Waals surface area (Å²) >= 11 is 6.16. The molecule has 4 nitrogen and oxygen atoms in total. The normalized spacial score (nSPS) is 12.9. The number of aryl methyl sites for hydroxylation is 1. The van der Waals surface area contributed by atoms with Crippen molar-refractivity contribution in [2.45, 2.75) is 19.5 Å². The van der Waals surface area contributed by atoms with Crippen molar-refractivity contribution in [1.82, 2.24) is 15.1 Å². The fourth-order valence-corrected chi connectivity index (χ4v) is 2.06. The molecule has 0 aliphatic carbocycles. The molecule has 0 saturated carbocycles. The summed E-state index contributed by atoms with van der Waals surface area (Å²) in [4.78, 5) is 0. The average molecular weight is 240 g/mol. The number of nitrogens with one attached hydrogen (secondary N) is 1. The molecule has 0 saturated heterocycles. The van der Waals surface area contributed by atoms with Crippen molar-refractivity contribution in [3.8, 4) is 0 Å². The van der Waals surface area contributed by atoms with Gasteiger partial charge in [0.15, 0.2) is 0 Å². The van der Waals surface area contributed by atoms with Gasteiger partial charge in [0.1, 0.15) is 0 Å². The van der Waals surface area contributed by atoms with Crippen molar-refractivity contribution >= 4 is 11.6 Å². The lowest BCUT2D eigenvalue weighted by molar-refractivity contribution is 0.540. The molecule has 16 heavy (non-hydrogen) atoms. The zero-order valence-electron chi connectivity index (χ0n) is 9.27. The Morgan fingerprint density at radius 3 is 3.00 bits per heavy atom. The molecule has 1 N–H and O–H groups in total. The van der Waals surface area contributed by atoms with Crippen molar-refractivity contribution in [1.29, 1.82) is 0 Å². The lowest BCUT2D eigenvalue weighted by atomic mass is 10.1. The van der Waals surface area contributed by atoms with E-state index in [1.165, 1.54) is 0 Å². The Bertz CT molecular complexity index is 450. The Morgan fingerprint density at radius 1 is 1.62 bits per heavy atom. The van der Waals surface area contributed by atoms with Gasteiger partial charge in [-0.2, -0.15) is 5.10 Å². The number of hydrogen-bond donors (Lipinski definition) is 1. The number of hydrogen-bond acceptors (Lipinski definition) is 3. The molecule has 1 atom stereocenters. The Kier molecular flexibility index (Phi) is 3.31. The second-order valence-electron chi connectivity index (χ2n) is 3.47. The summed E-state index contributed by atoms with van der Waals surface area (Å²) in [5, 5.41) is 8.11. The molecule has 2 rings (SSSR count). The fourth-order valence-electron chi connectivity index (χ4n) is 1.81. The van der Waals surface area contributed by atoms with Crippen LogP contribution in [0, 0.1) is 0 Å². The highest BCUT2D eigenvalue weighted by Crippen LogP contribution is 2.28. The van der Waals surface area contributed by atoms with Gasteiger partial charge in [0.05, 0.1) is 35.5 Å². The number of halogens is 1. The van der Waals surface area contributed by atoms with Crippen molar-refractivity contribution in [3.05, 3.63) is 41.1 Å². The summed E-state index contributed by atoms with van der Waals surface area (Å²) in [6.45, 7) is 2.83. The molecule has 86 valence electrons. The standard InChI is InChI=1S/C11H14ClN3O/c1-3-15-11(9(12)6-14-15)10(13-2)8-4-5-16-7-8/h4-7,10,13H,3H2,1-2H3. The lowest BCUT2D eigenvalue weighted by Crippen LogP contribution is -2.21. The molecule has 0 radical (unpaired) electrons. The van der Waals surface area contributed by atoms with Gasteiger partial charge in [0.25, 0.3) is 0 Å². The van der Waals surface area contributed by atoms with Crippen LogP contribution >= 0.6 is 11.6 Å². The van der Waals surface area contributed by atoms with Gasteiger partial charge < -0.3 is 9.73 Å². The Morgan fingerprint density at radius 2 is 2.44 bits per heavy atom. The maximum Gasteiger partial charge on any atom is 0.0954 e.